The molecule has 2 N–H and O–H groups in total. The Kier molecular flexibility index (Phi) is 6.24. The lowest BCUT2D eigenvalue weighted by molar-refractivity contribution is 0.219. The first kappa shape index (κ1) is 22.1. The van der Waals surface area contributed by atoms with E-state index < -0.39 is 0 Å². The van der Waals surface area contributed by atoms with E-state index in [1.165, 1.54) is 18.3 Å². The zero-order valence-electron chi connectivity index (χ0n) is 18.2. The van der Waals surface area contributed by atoms with Gasteiger partial charge in [-0.3, -0.25) is 4.90 Å². The predicted octanol–water partition coefficient (Wildman–Crippen LogP) is 4.78. The van der Waals surface area contributed by atoms with Crippen molar-refractivity contribution in [2.75, 3.05) is 13.2 Å². The summed E-state index contributed by atoms with van der Waals surface area (Å²) < 4.78 is 21.6. The van der Waals surface area contributed by atoms with Crippen LogP contribution in [0.3, 0.4) is 0 Å². The summed E-state index contributed by atoms with van der Waals surface area (Å²) in [5, 5.41) is 1.38. The molecule has 2 aromatic carbocycles. The fraction of sp³-hybridized carbons (Fsp3) is 0.160. The molecule has 4 aromatic rings. The van der Waals surface area contributed by atoms with E-state index in [2.05, 4.69) is 25.9 Å². The maximum atomic E-state index is 13.6. The van der Waals surface area contributed by atoms with Crippen LogP contribution in [0.1, 0.15) is 11.1 Å². The number of nitrogens with zero attached hydrogens (tertiary/aromatic N) is 5. The number of allylic oxidation sites excluding steroid dienone is 1. The third-order valence-electron chi connectivity index (χ3n) is 5.57. The Labute approximate surface area is 201 Å². The summed E-state index contributed by atoms with van der Waals surface area (Å²) in [6.07, 6.45) is 10.0. The number of aliphatic imine (C=N–C) groups is 1. The van der Waals surface area contributed by atoms with Gasteiger partial charge in [0.05, 0.1) is 10.5 Å². The fourth-order valence-electron chi connectivity index (χ4n) is 4.04. The van der Waals surface area contributed by atoms with Crippen molar-refractivity contribution in [1.29, 1.82) is 0 Å². The van der Waals surface area contributed by atoms with Crippen LogP contribution in [-0.4, -0.2) is 38.8 Å². The Morgan fingerprint density at radius 2 is 2.03 bits per heavy atom. The molecule has 0 saturated heterocycles. The highest BCUT2D eigenvalue weighted by molar-refractivity contribution is 6.32. The second kappa shape index (κ2) is 9.62. The highest BCUT2D eigenvalue weighted by Gasteiger charge is 2.20. The molecule has 0 saturated carbocycles. The Morgan fingerprint density at radius 3 is 2.85 bits per heavy atom. The van der Waals surface area contributed by atoms with Gasteiger partial charge >= 0.3 is 0 Å². The normalized spacial score (nSPS) is 14.5. The van der Waals surface area contributed by atoms with Crippen molar-refractivity contribution >= 4 is 34.7 Å². The van der Waals surface area contributed by atoms with Crippen LogP contribution in [0.5, 0.6) is 5.75 Å². The number of nitrogens with two attached hydrogens (primary N) is 1. The van der Waals surface area contributed by atoms with E-state index in [4.69, 9.17) is 22.1 Å². The standard InChI is InChI=1S/C25H22ClFN6O/c26-22-12-21(33-7-4-18-10-20(27)2-3-23(18)33)11-19-16-32(8-9-34-24(19)22)15-17-13-30-25(31-14-17)29-6-1-5-28/h1-7,10-14H,8-9,15-16,28H2. The summed E-state index contributed by atoms with van der Waals surface area (Å²) in [4.78, 5) is 14.9. The molecule has 1 aliphatic heterocycles. The second-order valence-corrected chi connectivity index (χ2v) is 8.33. The Balaban J connectivity index is 1.39. The molecule has 0 radical (unpaired) electrons. The van der Waals surface area contributed by atoms with Crippen LogP contribution in [0.2, 0.25) is 5.02 Å². The van der Waals surface area contributed by atoms with Gasteiger partial charge in [-0.2, -0.15) is 0 Å². The second-order valence-electron chi connectivity index (χ2n) is 7.92. The molecule has 0 fully saturated rings. The molecule has 0 amide bonds. The van der Waals surface area contributed by atoms with E-state index in [1.807, 2.05) is 22.9 Å². The zero-order chi connectivity index (χ0) is 23.5. The summed E-state index contributed by atoms with van der Waals surface area (Å²) in [5.74, 6) is 0.816. The van der Waals surface area contributed by atoms with E-state index in [-0.39, 0.29) is 5.82 Å². The van der Waals surface area contributed by atoms with Gasteiger partial charge in [0, 0.05) is 66.6 Å². The lowest BCUT2D eigenvalue weighted by Crippen LogP contribution is -2.25. The number of benzene rings is 2. The monoisotopic (exact) mass is 476 g/mol. The Morgan fingerprint density at radius 1 is 1.18 bits per heavy atom. The number of fused-ring (bicyclic) bond motifs is 2. The van der Waals surface area contributed by atoms with Crippen molar-refractivity contribution in [3.05, 3.63) is 89.2 Å². The summed E-state index contributed by atoms with van der Waals surface area (Å²) >= 11 is 6.63. The van der Waals surface area contributed by atoms with Gasteiger partial charge in [0.1, 0.15) is 18.2 Å². The van der Waals surface area contributed by atoms with Crippen LogP contribution in [0, 0.1) is 5.82 Å². The molecule has 172 valence electrons. The molecule has 5 rings (SSSR count). The summed E-state index contributed by atoms with van der Waals surface area (Å²) in [6, 6.07) is 10.6. The van der Waals surface area contributed by atoms with Gasteiger partial charge < -0.3 is 15.0 Å². The molecule has 0 spiro atoms. The van der Waals surface area contributed by atoms with E-state index >= 15 is 0 Å². The molecule has 34 heavy (non-hydrogen) atoms. The van der Waals surface area contributed by atoms with E-state index in [0.717, 1.165) is 34.3 Å². The first-order valence-corrected chi connectivity index (χ1v) is 11.1. The maximum absolute atomic E-state index is 13.6. The third-order valence-corrected chi connectivity index (χ3v) is 5.85. The zero-order valence-corrected chi connectivity index (χ0v) is 19.0. The van der Waals surface area contributed by atoms with Crippen LogP contribution >= 0.6 is 11.6 Å². The highest BCUT2D eigenvalue weighted by atomic mass is 35.5. The van der Waals surface area contributed by atoms with Crippen LogP contribution in [0.15, 0.2) is 72.3 Å². The van der Waals surface area contributed by atoms with E-state index in [1.54, 1.807) is 30.8 Å². The van der Waals surface area contributed by atoms with Crippen molar-refractivity contribution in [2.45, 2.75) is 13.1 Å². The molecular formula is C25H22ClFN6O. The van der Waals surface area contributed by atoms with Gasteiger partial charge in [-0.05, 0) is 48.7 Å². The summed E-state index contributed by atoms with van der Waals surface area (Å²) in [7, 11) is 0. The molecule has 0 bridgehead atoms. The van der Waals surface area contributed by atoms with Gasteiger partial charge in [-0.15, -0.1) is 0 Å². The molecule has 0 unspecified atom stereocenters. The van der Waals surface area contributed by atoms with Crippen molar-refractivity contribution in [3.8, 4) is 11.4 Å². The fourth-order valence-corrected chi connectivity index (χ4v) is 4.32. The lowest BCUT2D eigenvalue weighted by atomic mass is 10.1. The SMILES string of the molecule is NC=CC=Nc1ncc(CN2CCOc3c(Cl)cc(-n4ccc5cc(F)ccc54)cc3C2)cn1. The van der Waals surface area contributed by atoms with Gasteiger partial charge in [0.15, 0.2) is 0 Å². The van der Waals surface area contributed by atoms with Crippen molar-refractivity contribution in [1.82, 2.24) is 19.4 Å². The predicted molar refractivity (Wildman–Crippen MR) is 131 cm³/mol. The molecule has 2 aromatic heterocycles. The van der Waals surface area contributed by atoms with Gasteiger partial charge in [0.2, 0.25) is 5.95 Å². The summed E-state index contributed by atoms with van der Waals surface area (Å²) in [6.45, 7) is 2.56. The highest BCUT2D eigenvalue weighted by Crippen LogP contribution is 2.35. The molecule has 1 aliphatic rings. The van der Waals surface area contributed by atoms with Crippen LogP contribution < -0.4 is 10.5 Å². The van der Waals surface area contributed by atoms with Crippen molar-refractivity contribution in [3.63, 3.8) is 0 Å². The number of hydrogen-bond acceptors (Lipinski definition) is 6. The average Bonchev–Trinajstić information content (AvgIpc) is 3.13. The van der Waals surface area contributed by atoms with Gasteiger partial charge in [0.25, 0.3) is 0 Å². The average molecular weight is 477 g/mol. The third kappa shape index (κ3) is 4.64. The number of hydrogen-bond donors (Lipinski definition) is 1. The molecule has 3 heterocycles. The first-order valence-electron chi connectivity index (χ1n) is 10.8. The molecule has 7 nitrogen and oxygen atoms in total. The van der Waals surface area contributed by atoms with Crippen molar-refractivity contribution in [2.24, 2.45) is 10.7 Å². The minimum Gasteiger partial charge on any atom is -0.490 e. The van der Waals surface area contributed by atoms with E-state index in [9.17, 15) is 4.39 Å². The Bertz CT molecular complexity index is 1380. The number of aromatic nitrogens is 3. The van der Waals surface area contributed by atoms with E-state index in [0.29, 0.717) is 36.4 Å². The molecule has 0 atom stereocenters. The van der Waals surface area contributed by atoms with Crippen LogP contribution in [-0.2, 0) is 13.1 Å². The Hall–Kier alpha value is -3.75. The maximum Gasteiger partial charge on any atom is 0.249 e. The number of rotatable bonds is 5. The summed E-state index contributed by atoms with van der Waals surface area (Å²) in [5.41, 5.74) is 9.05. The topological polar surface area (TPSA) is 81.6 Å². The molecule has 0 aliphatic carbocycles. The van der Waals surface area contributed by atoms with Crippen LogP contribution in [0.4, 0.5) is 10.3 Å². The lowest BCUT2D eigenvalue weighted by Gasteiger charge is -2.19. The number of ether oxygens (including phenoxy) is 1. The first-order chi connectivity index (χ1) is 16.6. The number of halogens is 2. The van der Waals surface area contributed by atoms with Crippen LogP contribution in [0.25, 0.3) is 16.6 Å². The molecule has 9 heteroatoms. The largest absolute Gasteiger partial charge is 0.490 e. The van der Waals surface area contributed by atoms with Crippen molar-refractivity contribution < 1.29 is 9.13 Å². The quantitative estimate of drug-likeness (QED) is 0.419. The molecular weight excluding hydrogens is 455 g/mol. The minimum atomic E-state index is -0.259. The minimum absolute atomic E-state index is 0.259. The smallest absolute Gasteiger partial charge is 0.249 e. The van der Waals surface area contributed by atoms with Gasteiger partial charge in [-0.25, -0.2) is 19.4 Å². The van der Waals surface area contributed by atoms with Gasteiger partial charge in [-0.1, -0.05) is 11.6 Å².